The molecule has 2 aromatic carbocycles. The first kappa shape index (κ1) is 17.4. The van der Waals surface area contributed by atoms with Crippen LogP contribution in [0, 0.1) is 0 Å². The number of aromatic hydroxyl groups is 1. The number of phenolic OH excluding ortho intramolecular Hbond substituents is 1. The number of esters is 1. The molecular weight excluding hydrogens is 308 g/mol. The van der Waals surface area contributed by atoms with Crippen molar-refractivity contribution >= 4 is 12.0 Å². The minimum atomic E-state index is -0.433. The first-order valence-electron chi connectivity index (χ1n) is 7.47. The van der Waals surface area contributed by atoms with Crippen LogP contribution in [0.25, 0.3) is 6.08 Å². The average Bonchev–Trinajstić information content (AvgIpc) is 2.61. The summed E-state index contributed by atoms with van der Waals surface area (Å²) < 4.78 is 15.3. The standard InChI is InChI=1S/C19H20O5/c1-22-16-12-15(13-17(23-2)19(16)21)8-9-18(20)24-11-10-14-6-4-3-5-7-14/h3-9,12-13,21H,10-11H2,1-2H3/b9-8+. The molecule has 0 radical (unpaired) electrons. The van der Waals surface area contributed by atoms with Crippen molar-refractivity contribution < 1.29 is 24.1 Å². The Hall–Kier alpha value is -2.95. The molecule has 0 aliphatic carbocycles. The van der Waals surface area contributed by atoms with Crippen LogP contribution in [0.5, 0.6) is 17.2 Å². The Morgan fingerprint density at radius 2 is 1.71 bits per heavy atom. The summed E-state index contributed by atoms with van der Waals surface area (Å²) in [5.41, 5.74) is 1.77. The fourth-order valence-corrected chi connectivity index (χ4v) is 2.14. The molecular formula is C19H20O5. The van der Waals surface area contributed by atoms with Gasteiger partial charge in [0.15, 0.2) is 11.5 Å². The molecule has 0 aliphatic rings. The largest absolute Gasteiger partial charge is 0.502 e. The number of benzene rings is 2. The molecule has 0 unspecified atom stereocenters. The van der Waals surface area contributed by atoms with Gasteiger partial charge in [0.1, 0.15) is 0 Å². The van der Waals surface area contributed by atoms with E-state index in [-0.39, 0.29) is 17.2 Å². The Bertz CT molecular complexity index is 682. The van der Waals surface area contributed by atoms with Gasteiger partial charge < -0.3 is 19.3 Å². The van der Waals surface area contributed by atoms with Gasteiger partial charge in [-0.05, 0) is 29.3 Å². The van der Waals surface area contributed by atoms with Crippen molar-refractivity contribution in [3.05, 3.63) is 59.7 Å². The second kappa shape index (κ2) is 8.62. The van der Waals surface area contributed by atoms with E-state index < -0.39 is 5.97 Å². The number of carbonyl (C=O) groups excluding carboxylic acids is 1. The number of phenols is 1. The maximum absolute atomic E-state index is 11.8. The minimum absolute atomic E-state index is 0.0809. The molecule has 1 N–H and O–H groups in total. The first-order chi connectivity index (χ1) is 11.6. The zero-order valence-corrected chi connectivity index (χ0v) is 13.7. The molecule has 0 aliphatic heterocycles. The van der Waals surface area contributed by atoms with Crippen LogP contribution < -0.4 is 9.47 Å². The first-order valence-corrected chi connectivity index (χ1v) is 7.47. The zero-order chi connectivity index (χ0) is 17.4. The summed E-state index contributed by atoms with van der Waals surface area (Å²) in [6.45, 7) is 0.315. The van der Waals surface area contributed by atoms with Gasteiger partial charge in [-0.15, -0.1) is 0 Å². The highest BCUT2D eigenvalue weighted by Crippen LogP contribution is 2.37. The Kier molecular flexibility index (Phi) is 6.25. The summed E-state index contributed by atoms with van der Waals surface area (Å²) in [6, 6.07) is 13.0. The Morgan fingerprint density at radius 1 is 1.08 bits per heavy atom. The lowest BCUT2D eigenvalue weighted by Crippen LogP contribution is -2.04. The van der Waals surface area contributed by atoms with Gasteiger partial charge in [-0.25, -0.2) is 4.79 Å². The van der Waals surface area contributed by atoms with Crippen molar-refractivity contribution in [2.45, 2.75) is 6.42 Å². The quantitative estimate of drug-likeness (QED) is 0.624. The number of methoxy groups -OCH3 is 2. The van der Waals surface area contributed by atoms with Gasteiger partial charge in [-0.1, -0.05) is 30.3 Å². The molecule has 0 amide bonds. The monoisotopic (exact) mass is 328 g/mol. The van der Waals surface area contributed by atoms with Crippen LogP contribution in [0.1, 0.15) is 11.1 Å². The van der Waals surface area contributed by atoms with Crippen molar-refractivity contribution in [2.24, 2.45) is 0 Å². The summed E-state index contributed by atoms with van der Waals surface area (Å²) in [5, 5.41) is 9.85. The zero-order valence-electron chi connectivity index (χ0n) is 13.7. The molecule has 0 heterocycles. The molecule has 2 rings (SSSR count). The molecule has 0 bridgehead atoms. The smallest absolute Gasteiger partial charge is 0.330 e. The Morgan fingerprint density at radius 3 is 2.29 bits per heavy atom. The van der Waals surface area contributed by atoms with E-state index in [1.54, 1.807) is 18.2 Å². The summed E-state index contributed by atoms with van der Waals surface area (Å²) in [7, 11) is 2.89. The van der Waals surface area contributed by atoms with Crippen molar-refractivity contribution in [3.63, 3.8) is 0 Å². The van der Waals surface area contributed by atoms with Gasteiger partial charge in [-0.2, -0.15) is 0 Å². The summed E-state index contributed by atoms with van der Waals surface area (Å²) in [5.74, 6) is 0.0254. The van der Waals surface area contributed by atoms with E-state index in [0.29, 0.717) is 18.6 Å². The maximum atomic E-state index is 11.8. The molecule has 0 saturated heterocycles. The van der Waals surface area contributed by atoms with E-state index in [9.17, 15) is 9.90 Å². The molecule has 5 nitrogen and oxygen atoms in total. The highest BCUT2D eigenvalue weighted by Gasteiger charge is 2.10. The molecule has 2 aromatic rings. The maximum Gasteiger partial charge on any atom is 0.330 e. The van der Waals surface area contributed by atoms with Crippen molar-refractivity contribution in [3.8, 4) is 17.2 Å². The van der Waals surface area contributed by atoms with Gasteiger partial charge >= 0.3 is 5.97 Å². The third kappa shape index (κ3) is 4.78. The van der Waals surface area contributed by atoms with Crippen molar-refractivity contribution in [1.29, 1.82) is 0 Å². The van der Waals surface area contributed by atoms with Crippen molar-refractivity contribution in [1.82, 2.24) is 0 Å². The van der Waals surface area contributed by atoms with Crippen molar-refractivity contribution in [2.75, 3.05) is 20.8 Å². The van der Waals surface area contributed by atoms with E-state index >= 15 is 0 Å². The fraction of sp³-hybridized carbons (Fsp3) is 0.211. The second-order valence-corrected chi connectivity index (χ2v) is 5.01. The predicted molar refractivity (Wildman–Crippen MR) is 91.3 cm³/mol. The number of ether oxygens (including phenoxy) is 3. The van der Waals surface area contributed by atoms with Crippen LogP contribution in [-0.4, -0.2) is 31.9 Å². The second-order valence-electron chi connectivity index (χ2n) is 5.01. The van der Waals surface area contributed by atoms with E-state index in [4.69, 9.17) is 14.2 Å². The molecule has 24 heavy (non-hydrogen) atoms. The van der Waals surface area contributed by atoms with Crippen LogP contribution in [0.4, 0.5) is 0 Å². The highest BCUT2D eigenvalue weighted by atomic mass is 16.5. The average molecular weight is 328 g/mol. The van der Waals surface area contributed by atoms with E-state index in [0.717, 1.165) is 5.56 Å². The topological polar surface area (TPSA) is 65.0 Å². The Balaban J connectivity index is 1.93. The molecule has 0 fully saturated rings. The highest BCUT2D eigenvalue weighted by molar-refractivity contribution is 5.87. The van der Waals surface area contributed by atoms with Crippen LogP contribution in [-0.2, 0) is 16.0 Å². The lowest BCUT2D eigenvalue weighted by Gasteiger charge is -2.09. The third-order valence-electron chi connectivity index (χ3n) is 3.39. The SMILES string of the molecule is COc1cc(/C=C/C(=O)OCCc2ccccc2)cc(OC)c1O. The summed E-state index contributed by atoms with van der Waals surface area (Å²) >= 11 is 0. The minimum Gasteiger partial charge on any atom is -0.502 e. The van der Waals surface area contributed by atoms with Gasteiger partial charge in [0, 0.05) is 12.5 Å². The van der Waals surface area contributed by atoms with Gasteiger partial charge in [0.25, 0.3) is 0 Å². The summed E-state index contributed by atoms with van der Waals surface area (Å²) in [6.07, 6.45) is 3.58. The number of rotatable bonds is 7. The molecule has 126 valence electrons. The molecule has 5 heteroatoms. The number of hydrogen-bond donors (Lipinski definition) is 1. The van der Waals surface area contributed by atoms with Gasteiger partial charge in [0.2, 0.25) is 5.75 Å². The predicted octanol–water partition coefficient (Wildman–Crippen LogP) is 3.21. The van der Waals surface area contributed by atoms with Gasteiger partial charge in [0.05, 0.1) is 20.8 Å². The lowest BCUT2D eigenvalue weighted by molar-refractivity contribution is -0.137. The third-order valence-corrected chi connectivity index (χ3v) is 3.39. The summed E-state index contributed by atoms with van der Waals surface area (Å²) in [4.78, 5) is 11.8. The van der Waals surface area contributed by atoms with E-state index in [2.05, 4.69) is 0 Å². The van der Waals surface area contributed by atoms with Crippen LogP contribution >= 0.6 is 0 Å². The fourth-order valence-electron chi connectivity index (χ4n) is 2.14. The lowest BCUT2D eigenvalue weighted by atomic mass is 10.1. The van der Waals surface area contributed by atoms with E-state index in [1.807, 2.05) is 30.3 Å². The molecule has 0 saturated carbocycles. The van der Waals surface area contributed by atoms with Gasteiger partial charge in [-0.3, -0.25) is 0 Å². The van der Waals surface area contributed by atoms with Crippen LogP contribution in [0.15, 0.2) is 48.5 Å². The number of carbonyl (C=O) groups is 1. The van der Waals surface area contributed by atoms with Crippen LogP contribution in [0.3, 0.4) is 0 Å². The molecule has 0 aromatic heterocycles. The normalized spacial score (nSPS) is 10.6. The molecule has 0 spiro atoms. The Labute approximate surface area is 141 Å². The molecule has 0 atom stereocenters. The number of hydrogen-bond acceptors (Lipinski definition) is 5. The van der Waals surface area contributed by atoms with Crippen LogP contribution in [0.2, 0.25) is 0 Å². The van der Waals surface area contributed by atoms with E-state index in [1.165, 1.54) is 20.3 Å².